The maximum Gasteiger partial charge on any atom is 0.295 e. The number of ether oxygens (including phenoxy) is 2. The van der Waals surface area contributed by atoms with Crippen LogP contribution in [-0.4, -0.2) is 72.6 Å². The minimum absolute atomic E-state index is 0.0633. The molecular weight excluding hydrogens is 444 g/mol. The molecule has 0 bridgehead atoms. The third-order valence-electron chi connectivity index (χ3n) is 5.92. The van der Waals surface area contributed by atoms with Gasteiger partial charge in [-0.1, -0.05) is 41.9 Å². The summed E-state index contributed by atoms with van der Waals surface area (Å²) in [5.41, 5.74) is 1.18. The third kappa shape index (κ3) is 4.90. The molecule has 0 aliphatic carbocycles. The first kappa shape index (κ1) is 23.3. The molecule has 1 amide bonds. The van der Waals surface area contributed by atoms with Gasteiger partial charge in [0.05, 0.1) is 36.5 Å². The van der Waals surface area contributed by atoms with Crippen LogP contribution in [0.15, 0.2) is 54.1 Å². The van der Waals surface area contributed by atoms with Gasteiger partial charge in [0.2, 0.25) is 0 Å². The molecular formula is C25H27ClN2O5. The van der Waals surface area contributed by atoms with Crippen molar-refractivity contribution in [3.63, 3.8) is 0 Å². The zero-order valence-corrected chi connectivity index (χ0v) is 19.3. The van der Waals surface area contributed by atoms with Crippen LogP contribution < -0.4 is 4.74 Å². The normalized spacial score (nSPS) is 20.9. The Hall–Kier alpha value is -2.87. The van der Waals surface area contributed by atoms with Gasteiger partial charge in [0.1, 0.15) is 11.5 Å². The summed E-state index contributed by atoms with van der Waals surface area (Å²) in [7, 11) is 0. The minimum atomic E-state index is -0.701. The number of carbonyl (C=O) groups excluding carboxylic acids is 2. The Morgan fingerprint density at radius 1 is 1.12 bits per heavy atom. The molecule has 1 atom stereocenters. The lowest BCUT2D eigenvalue weighted by Crippen LogP contribution is -2.42. The summed E-state index contributed by atoms with van der Waals surface area (Å²) in [6.07, 6.45) is 0. The SMILES string of the molecule is CCOc1ccc(/C(O)=C2\C(=O)C(=O)N(CCN3CCOCC3)C2c2ccccc2)cc1Cl. The number of hydrogen-bond acceptors (Lipinski definition) is 6. The predicted molar refractivity (Wildman–Crippen MR) is 125 cm³/mol. The van der Waals surface area contributed by atoms with Gasteiger partial charge in [-0.2, -0.15) is 0 Å². The molecule has 2 aliphatic rings. The number of morpholine rings is 1. The number of hydrogen-bond donors (Lipinski definition) is 1. The fourth-order valence-corrected chi connectivity index (χ4v) is 4.48. The number of likely N-dealkylation sites (tertiary alicyclic amines) is 1. The molecule has 0 aromatic heterocycles. The van der Waals surface area contributed by atoms with Gasteiger partial charge in [-0.15, -0.1) is 0 Å². The molecule has 33 heavy (non-hydrogen) atoms. The predicted octanol–water partition coefficient (Wildman–Crippen LogP) is 3.49. The number of aliphatic hydroxyl groups excluding tert-OH is 1. The number of benzene rings is 2. The highest BCUT2D eigenvalue weighted by Gasteiger charge is 2.46. The number of Topliss-reactive ketones (excluding diaryl/α,β-unsaturated/α-hetero) is 1. The zero-order chi connectivity index (χ0) is 23.4. The Balaban J connectivity index is 1.71. The van der Waals surface area contributed by atoms with Crippen molar-refractivity contribution in [1.82, 2.24) is 9.80 Å². The number of nitrogens with zero attached hydrogens (tertiary/aromatic N) is 2. The quantitative estimate of drug-likeness (QED) is 0.379. The van der Waals surface area contributed by atoms with Crippen LogP contribution in [0, 0.1) is 0 Å². The lowest BCUT2D eigenvalue weighted by Gasteiger charge is -2.31. The van der Waals surface area contributed by atoms with Crippen LogP contribution >= 0.6 is 11.6 Å². The Morgan fingerprint density at radius 2 is 1.85 bits per heavy atom. The van der Waals surface area contributed by atoms with Crippen molar-refractivity contribution in [3.05, 3.63) is 70.3 Å². The van der Waals surface area contributed by atoms with Crippen molar-refractivity contribution < 1.29 is 24.2 Å². The van der Waals surface area contributed by atoms with Gasteiger partial charge >= 0.3 is 0 Å². The standard InChI is InChI=1S/C25H27ClN2O5/c1-2-33-20-9-8-18(16-19(20)26)23(29)21-22(17-6-4-3-5-7-17)28(25(31)24(21)30)11-10-27-12-14-32-15-13-27/h3-9,16,22,29H,2,10-15H2,1H3/b23-21+. The van der Waals surface area contributed by atoms with Crippen LogP contribution in [0.25, 0.3) is 5.76 Å². The van der Waals surface area contributed by atoms with Gasteiger partial charge in [0, 0.05) is 31.7 Å². The summed E-state index contributed by atoms with van der Waals surface area (Å²) in [4.78, 5) is 29.9. The van der Waals surface area contributed by atoms with Crippen LogP contribution in [0.4, 0.5) is 0 Å². The third-order valence-corrected chi connectivity index (χ3v) is 6.22. The van der Waals surface area contributed by atoms with E-state index < -0.39 is 17.7 Å². The van der Waals surface area contributed by atoms with E-state index in [4.69, 9.17) is 21.1 Å². The highest BCUT2D eigenvalue weighted by Crippen LogP contribution is 2.40. The van der Waals surface area contributed by atoms with Crippen molar-refractivity contribution in [1.29, 1.82) is 0 Å². The summed E-state index contributed by atoms with van der Waals surface area (Å²) in [6, 6.07) is 13.4. The Labute approximate surface area is 198 Å². The van der Waals surface area contributed by atoms with E-state index in [0.717, 1.165) is 18.7 Å². The minimum Gasteiger partial charge on any atom is -0.507 e. The number of ketones is 1. The van der Waals surface area contributed by atoms with Crippen molar-refractivity contribution in [2.24, 2.45) is 0 Å². The molecule has 2 heterocycles. The summed E-state index contributed by atoms with van der Waals surface area (Å²) in [5.74, 6) is -1.08. The van der Waals surface area contributed by atoms with Crippen molar-refractivity contribution in [3.8, 4) is 5.75 Å². The van der Waals surface area contributed by atoms with Gasteiger partial charge in [0.15, 0.2) is 0 Å². The maximum atomic E-state index is 13.1. The van der Waals surface area contributed by atoms with E-state index in [1.165, 1.54) is 0 Å². The lowest BCUT2D eigenvalue weighted by atomic mass is 9.95. The smallest absolute Gasteiger partial charge is 0.295 e. The first-order valence-corrected chi connectivity index (χ1v) is 11.4. The Bertz CT molecular complexity index is 1050. The van der Waals surface area contributed by atoms with E-state index in [-0.39, 0.29) is 11.3 Å². The second kappa shape index (κ2) is 10.4. The molecule has 7 nitrogen and oxygen atoms in total. The molecule has 174 valence electrons. The van der Waals surface area contributed by atoms with E-state index in [1.807, 2.05) is 37.3 Å². The summed E-state index contributed by atoms with van der Waals surface area (Å²) < 4.78 is 10.9. The highest BCUT2D eigenvalue weighted by molar-refractivity contribution is 6.46. The molecule has 0 radical (unpaired) electrons. The zero-order valence-electron chi connectivity index (χ0n) is 18.5. The molecule has 8 heteroatoms. The van der Waals surface area contributed by atoms with Crippen molar-refractivity contribution in [2.75, 3.05) is 46.0 Å². The average molecular weight is 471 g/mol. The van der Waals surface area contributed by atoms with Gasteiger partial charge in [-0.05, 0) is 30.7 Å². The monoisotopic (exact) mass is 470 g/mol. The van der Waals surface area contributed by atoms with E-state index in [0.29, 0.717) is 49.2 Å². The molecule has 1 N–H and O–H groups in total. The van der Waals surface area contributed by atoms with E-state index in [2.05, 4.69) is 4.90 Å². The Kier molecular flexibility index (Phi) is 7.33. The van der Waals surface area contributed by atoms with Crippen LogP contribution in [0.2, 0.25) is 5.02 Å². The molecule has 2 aliphatic heterocycles. The van der Waals surface area contributed by atoms with Crippen LogP contribution in [0.3, 0.4) is 0 Å². The molecule has 2 aromatic rings. The van der Waals surface area contributed by atoms with Gasteiger partial charge < -0.3 is 19.5 Å². The van der Waals surface area contributed by atoms with Gasteiger partial charge in [-0.3, -0.25) is 14.5 Å². The Morgan fingerprint density at radius 3 is 2.52 bits per heavy atom. The number of carbonyl (C=O) groups is 2. The van der Waals surface area contributed by atoms with E-state index in [9.17, 15) is 14.7 Å². The lowest BCUT2D eigenvalue weighted by molar-refractivity contribution is -0.140. The first-order chi connectivity index (χ1) is 16.0. The number of halogens is 1. The number of amides is 1. The second-order valence-corrected chi connectivity index (χ2v) is 8.34. The molecule has 0 spiro atoms. The topological polar surface area (TPSA) is 79.3 Å². The average Bonchev–Trinajstić information content (AvgIpc) is 3.09. The molecule has 2 saturated heterocycles. The van der Waals surface area contributed by atoms with E-state index in [1.54, 1.807) is 23.1 Å². The van der Waals surface area contributed by atoms with Crippen LogP contribution in [-0.2, 0) is 14.3 Å². The van der Waals surface area contributed by atoms with Crippen LogP contribution in [0.5, 0.6) is 5.75 Å². The van der Waals surface area contributed by atoms with Gasteiger partial charge in [-0.25, -0.2) is 0 Å². The molecule has 0 saturated carbocycles. The second-order valence-electron chi connectivity index (χ2n) is 7.94. The largest absolute Gasteiger partial charge is 0.507 e. The first-order valence-electron chi connectivity index (χ1n) is 11.1. The fourth-order valence-electron chi connectivity index (χ4n) is 4.24. The van der Waals surface area contributed by atoms with Crippen LogP contribution in [0.1, 0.15) is 24.1 Å². The van der Waals surface area contributed by atoms with Crippen molar-refractivity contribution in [2.45, 2.75) is 13.0 Å². The molecule has 4 rings (SSSR count). The molecule has 1 unspecified atom stereocenters. The summed E-state index contributed by atoms with van der Waals surface area (Å²) in [6.45, 7) is 6.16. The van der Waals surface area contributed by atoms with E-state index >= 15 is 0 Å². The number of aliphatic hydroxyl groups is 1. The molecule has 2 fully saturated rings. The summed E-state index contributed by atoms with van der Waals surface area (Å²) >= 11 is 6.31. The fraction of sp³-hybridized carbons (Fsp3) is 0.360. The highest BCUT2D eigenvalue weighted by atomic mass is 35.5. The van der Waals surface area contributed by atoms with Gasteiger partial charge in [0.25, 0.3) is 11.7 Å². The number of rotatable bonds is 7. The molecule has 2 aromatic carbocycles. The summed E-state index contributed by atoms with van der Waals surface area (Å²) in [5, 5.41) is 11.5. The maximum absolute atomic E-state index is 13.1. The van der Waals surface area contributed by atoms with Crippen molar-refractivity contribution >= 4 is 29.1 Å².